The van der Waals surface area contributed by atoms with E-state index in [0.29, 0.717) is 0 Å². The molecule has 1 heterocycles. The molecular weight excluding hydrogens is 206 g/mol. The summed E-state index contributed by atoms with van der Waals surface area (Å²) in [5.74, 6) is 0. The Hall–Kier alpha value is -0.610. The number of hydrogen-bond donors (Lipinski definition) is 1. The van der Waals surface area contributed by atoms with Gasteiger partial charge in [-0.1, -0.05) is 12.5 Å². The molecule has 0 unspecified atom stereocenters. The SMILES string of the molecule is C=CCN1C(=S)N(C)NC12CCCCC2. The first-order valence-corrected chi connectivity index (χ1v) is 6.04. The van der Waals surface area contributed by atoms with Gasteiger partial charge in [-0.05, 0) is 37.9 Å². The fourth-order valence-electron chi connectivity index (χ4n) is 2.68. The van der Waals surface area contributed by atoms with Gasteiger partial charge in [0.1, 0.15) is 5.66 Å². The van der Waals surface area contributed by atoms with Gasteiger partial charge in [-0.2, -0.15) is 0 Å². The van der Waals surface area contributed by atoms with Crippen molar-refractivity contribution in [2.24, 2.45) is 0 Å². The molecule has 0 atom stereocenters. The van der Waals surface area contributed by atoms with Crippen LogP contribution in [0.15, 0.2) is 12.7 Å². The second kappa shape index (κ2) is 4.10. The topological polar surface area (TPSA) is 18.5 Å². The molecule has 1 spiro atoms. The smallest absolute Gasteiger partial charge is 0.187 e. The van der Waals surface area contributed by atoms with Crippen LogP contribution in [0.2, 0.25) is 0 Å². The van der Waals surface area contributed by atoms with Crippen molar-refractivity contribution in [3.05, 3.63) is 12.7 Å². The van der Waals surface area contributed by atoms with E-state index in [-0.39, 0.29) is 5.66 Å². The molecule has 0 amide bonds. The molecule has 2 aliphatic rings. The predicted molar refractivity (Wildman–Crippen MR) is 66.2 cm³/mol. The molecule has 4 heteroatoms. The highest BCUT2D eigenvalue weighted by molar-refractivity contribution is 7.80. The zero-order valence-corrected chi connectivity index (χ0v) is 10.1. The summed E-state index contributed by atoms with van der Waals surface area (Å²) in [5, 5.41) is 2.88. The van der Waals surface area contributed by atoms with Crippen molar-refractivity contribution in [3.8, 4) is 0 Å². The second-order valence-corrected chi connectivity index (χ2v) is 4.81. The highest BCUT2D eigenvalue weighted by Gasteiger charge is 2.45. The zero-order chi connectivity index (χ0) is 10.9. The van der Waals surface area contributed by atoms with Gasteiger partial charge in [0.2, 0.25) is 0 Å². The highest BCUT2D eigenvalue weighted by Crippen LogP contribution is 2.35. The Labute approximate surface area is 97.1 Å². The van der Waals surface area contributed by atoms with Crippen LogP contribution in [0.25, 0.3) is 0 Å². The molecule has 0 aromatic heterocycles. The van der Waals surface area contributed by atoms with Gasteiger partial charge in [-0.25, -0.2) is 5.43 Å². The lowest BCUT2D eigenvalue weighted by molar-refractivity contribution is 0.0942. The summed E-state index contributed by atoms with van der Waals surface area (Å²) in [5.41, 5.74) is 3.61. The van der Waals surface area contributed by atoms with Gasteiger partial charge in [0.25, 0.3) is 0 Å². The highest BCUT2D eigenvalue weighted by atomic mass is 32.1. The number of nitrogens with zero attached hydrogens (tertiary/aromatic N) is 2. The van der Waals surface area contributed by atoms with E-state index in [1.165, 1.54) is 32.1 Å². The van der Waals surface area contributed by atoms with E-state index >= 15 is 0 Å². The maximum atomic E-state index is 5.42. The lowest BCUT2D eigenvalue weighted by Gasteiger charge is -2.40. The molecule has 15 heavy (non-hydrogen) atoms. The van der Waals surface area contributed by atoms with Crippen LogP contribution < -0.4 is 5.43 Å². The lowest BCUT2D eigenvalue weighted by atomic mass is 9.88. The molecular formula is C11H19N3S. The third-order valence-electron chi connectivity index (χ3n) is 3.40. The fourth-order valence-corrected chi connectivity index (χ4v) is 2.98. The molecule has 1 aliphatic carbocycles. The standard InChI is InChI=1S/C11H19N3S/c1-3-9-14-10(15)13(2)12-11(14)7-5-4-6-8-11/h3,12H,1,4-9H2,2H3. The van der Waals surface area contributed by atoms with Crippen LogP contribution in [0.5, 0.6) is 0 Å². The maximum absolute atomic E-state index is 5.42. The van der Waals surface area contributed by atoms with E-state index in [2.05, 4.69) is 16.9 Å². The Balaban J connectivity index is 2.21. The third-order valence-corrected chi connectivity index (χ3v) is 3.90. The van der Waals surface area contributed by atoms with E-state index in [4.69, 9.17) is 12.2 Å². The summed E-state index contributed by atoms with van der Waals surface area (Å²) < 4.78 is 0. The van der Waals surface area contributed by atoms with Gasteiger partial charge in [-0.15, -0.1) is 6.58 Å². The summed E-state index contributed by atoms with van der Waals surface area (Å²) in [6.45, 7) is 4.66. The van der Waals surface area contributed by atoms with E-state index in [9.17, 15) is 0 Å². The first kappa shape index (κ1) is 10.9. The van der Waals surface area contributed by atoms with E-state index in [0.717, 1.165) is 11.7 Å². The van der Waals surface area contributed by atoms with Crippen LogP contribution in [0.3, 0.4) is 0 Å². The number of rotatable bonds is 2. The van der Waals surface area contributed by atoms with Gasteiger partial charge in [0.15, 0.2) is 5.11 Å². The molecule has 1 saturated heterocycles. The number of hydrogen-bond acceptors (Lipinski definition) is 2. The first-order valence-electron chi connectivity index (χ1n) is 5.64. The minimum Gasteiger partial charge on any atom is -0.324 e. The van der Waals surface area contributed by atoms with Crippen molar-refractivity contribution in [1.29, 1.82) is 0 Å². The number of nitrogens with one attached hydrogen (secondary N) is 1. The predicted octanol–water partition coefficient (Wildman–Crippen LogP) is 1.87. The van der Waals surface area contributed by atoms with Crippen molar-refractivity contribution in [3.63, 3.8) is 0 Å². The quantitative estimate of drug-likeness (QED) is 0.571. The largest absolute Gasteiger partial charge is 0.324 e. The normalized spacial score (nSPS) is 25.0. The molecule has 1 aliphatic heterocycles. The Bertz CT molecular complexity index is 271. The van der Waals surface area contributed by atoms with Crippen LogP contribution in [-0.4, -0.2) is 34.3 Å². The average molecular weight is 225 g/mol. The van der Waals surface area contributed by atoms with Crippen molar-refractivity contribution < 1.29 is 0 Å². The number of thiocarbonyl (C=S) groups is 1. The zero-order valence-electron chi connectivity index (χ0n) is 9.33. The first-order chi connectivity index (χ1) is 7.19. The molecule has 0 aromatic carbocycles. The Kier molecular flexibility index (Phi) is 2.98. The molecule has 0 radical (unpaired) electrons. The van der Waals surface area contributed by atoms with E-state index in [1.807, 2.05) is 18.1 Å². The number of hydrazine groups is 1. The van der Waals surface area contributed by atoms with Gasteiger partial charge in [0.05, 0.1) is 0 Å². The van der Waals surface area contributed by atoms with Gasteiger partial charge in [-0.3, -0.25) is 5.01 Å². The monoisotopic (exact) mass is 225 g/mol. The van der Waals surface area contributed by atoms with Gasteiger partial charge in [0, 0.05) is 13.6 Å². The average Bonchev–Trinajstić information content (AvgIpc) is 2.45. The summed E-state index contributed by atoms with van der Waals surface area (Å²) in [7, 11) is 2.00. The second-order valence-electron chi connectivity index (χ2n) is 4.44. The molecule has 84 valence electrons. The van der Waals surface area contributed by atoms with Gasteiger partial charge < -0.3 is 4.90 Å². The molecule has 1 N–H and O–H groups in total. The fraction of sp³-hybridized carbons (Fsp3) is 0.727. The minimum absolute atomic E-state index is 0.0816. The Morgan fingerprint density at radius 3 is 2.73 bits per heavy atom. The Morgan fingerprint density at radius 1 is 1.47 bits per heavy atom. The van der Waals surface area contributed by atoms with Gasteiger partial charge >= 0.3 is 0 Å². The minimum atomic E-state index is 0.0816. The van der Waals surface area contributed by atoms with E-state index < -0.39 is 0 Å². The molecule has 2 fully saturated rings. The van der Waals surface area contributed by atoms with Crippen LogP contribution in [0.4, 0.5) is 0 Å². The Morgan fingerprint density at radius 2 is 2.13 bits per heavy atom. The van der Waals surface area contributed by atoms with E-state index in [1.54, 1.807) is 0 Å². The van der Waals surface area contributed by atoms with Crippen molar-refractivity contribution in [2.45, 2.75) is 37.8 Å². The summed E-state index contributed by atoms with van der Waals surface area (Å²) in [6, 6.07) is 0. The summed E-state index contributed by atoms with van der Waals surface area (Å²) in [4.78, 5) is 2.29. The summed E-state index contributed by atoms with van der Waals surface area (Å²) >= 11 is 5.42. The van der Waals surface area contributed by atoms with Crippen LogP contribution in [0.1, 0.15) is 32.1 Å². The van der Waals surface area contributed by atoms with Crippen molar-refractivity contribution in [1.82, 2.24) is 15.3 Å². The molecule has 1 saturated carbocycles. The van der Waals surface area contributed by atoms with Crippen LogP contribution in [-0.2, 0) is 0 Å². The molecule has 2 rings (SSSR count). The molecule has 3 nitrogen and oxygen atoms in total. The maximum Gasteiger partial charge on any atom is 0.187 e. The van der Waals surface area contributed by atoms with Crippen LogP contribution in [0, 0.1) is 0 Å². The molecule has 0 bridgehead atoms. The van der Waals surface area contributed by atoms with Crippen molar-refractivity contribution >= 4 is 17.3 Å². The summed E-state index contributed by atoms with van der Waals surface area (Å²) in [6.07, 6.45) is 8.23. The van der Waals surface area contributed by atoms with Crippen LogP contribution >= 0.6 is 12.2 Å². The van der Waals surface area contributed by atoms with Crippen molar-refractivity contribution in [2.75, 3.05) is 13.6 Å². The lowest BCUT2D eigenvalue weighted by Crippen LogP contribution is -2.54. The third kappa shape index (κ3) is 1.76. The molecule has 0 aromatic rings.